The molecule has 3 rings (SSSR count). The van der Waals surface area contributed by atoms with E-state index in [2.05, 4.69) is 5.32 Å². The summed E-state index contributed by atoms with van der Waals surface area (Å²) in [7, 11) is -1.15. The van der Waals surface area contributed by atoms with Gasteiger partial charge in [0, 0.05) is 12.6 Å². The van der Waals surface area contributed by atoms with E-state index < -0.39 is 27.9 Å². The Morgan fingerprint density at radius 1 is 1.00 bits per heavy atom. The van der Waals surface area contributed by atoms with Crippen molar-refractivity contribution in [2.24, 2.45) is 5.73 Å². The molecule has 0 radical (unpaired) electrons. The maximum absolute atomic E-state index is 13.3. The molecule has 172 valence electrons. The van der Waals surface area contributed by atoms with Crippen molar-refractivity contribution in [3.05, 3.63) is 89.5 Å². The van der Waals surface area contributed by atoms with Gasteiger partial charge in [0.1, 0.15) is 11.8 Å². The number of ether oxygens (including phenoxy) is 1. The van der Waals surface area contributed by atoms with Gasteiger partial charge in [-0.25, -0.2) is 8.42 Å². The maximum Gasteiger partial charge on any atom is 0.264 e. The summed E-state index contributed by atoms with van der Waals surface area (Å²) in [6, 6.07) is 18.5. The van der Waals surface area contributed by atoms with E-state index in [0.717, 1.165) is 4.31 Å². The summed E-state index contributed by atoms with van der Waals surface area (Å²) in [6.07, 6.45) is 0. The number of nitrogens with one attached hydrogen (secondary N) is 1. The van der Waals surface area contributed by atoms with Gasteiger partial charge in [-0.1, -0.05) is 48.5 Å². The van der Waals surface area contributed by atoms with E-state index in [1.807, 2.05) is 0 Å². The summed E-state index contributed by atoms with van der Waals surface area (Å²) in [6.45, 7) is 1.68. The minimum Gasteiger partial charge on any atom is -0.495 e. The van der Waals surface area contributed by atoms with Gasteiger partial charge in [-0.2, -0.15) is 0 Å². The molecule has 3 aromatic rings. The van der Waals surface area contributed by atoms with Crippen molar-refractivity contribution in [1.82, 2.24) is 5.32 Å². The van der Waals surface area contributed by atoms with Gasteiger partial charge in [-0.15, -0.1) is 0 Å². The molecular weight excluding hydrogens is 442 g/mol. The number of methoxy groups -OCH3 is 1. The van der Waals surface area contributed by atoms with Crippen molar-refractivity contribution in [1.29, 1.82) is 0 Å². The number of primary amides is 1. The number of amides is 2. The Morgan fingerprint density at radius 2 is 1.64 bits per heavy atom. The molecule has 1 unspecified atom stereocenters. The number of rotatable bonds is 8. The molecule has 9 heteroatoms. The van der Waals surface area contributed by atoms with Crippen molar-refractivity contribution in [2.45, 2.75) is 17.9 Å². The van der Waals surface area contributed by atoms with Crippen LogP contribution in [0.2, 0.25) is 0 Å². The SMILES string of the molecule is COc1ccccc1N(C)S(=O)(=O)c1ccc(C)c(C(=O)NC(C(N)=O)c2ccccc2)c1. The number of hydrogen-bond donors (Lipinski definition) is 2. The topological polar surface area (TPSA) is 119 Å². The summed E-state index contributed by atoms with van der Waals surface area (Å²) in [5.41, 5.74) is 7.03. The van der Waals surface area contributed by atoms with Gasteiger partial charge in [-0.05, 0) is 42.3 Å². The third-order valence-corrected chi connectivity index (χ3v) is 7.00. The van der Waals surface area contributed by atoms with Crippen LogP contribution in [0.15, 0.2) is 77.7 Å². The maximum atomic E-state index is 13.3. The quantitative estimate of drug-likeness (QED) is 0.528. The average molecular weight is 468 g/mol. The van der Waals surface area contributed by atoms with Crippen LogP contribution in [-0.2, 0) is 14.8 Å². The van der Waals surface area contributed by atoms with Crippen LogP contribution in [0.5, 0.6) is 5.75 Å². The smallest absolute Gasteiger partial charge is 0.264 e. The summed E-state index contributed by atoms with van der Waals surface area (Å²) in [4.78, 5) is 24.9. The van der Waals surface area contributed by atoms with Gasteiger partial charge in [0.05, 0.1) is 17.7 Å². The molecule has 0 aliphatic heterocycles. The first-order valence-electron chi connectivity index (χ1n) is 10.0. The van der Waals surface area contributed by atoms with Gasteiger partial charge in [0.25, 0.3) is 15.9 Å². The molecule has 3 N–H and O–H groups in total. The fourth-order valence-corrected chi connectivity index (χ4v) is 4.59. The molecule has 3 aromatic carbocycles. The Balaban J connectivity index is 1.96. The lowest BCUT2D eigenvalue weighted by Gasteiger charge is -2.22. The third-order valence-electron chi connectivity index (χ3n) is 5.23. The van der Waals surface area contributed by atoms with E-state index in [-0.39, 0.29) is 10.5 Å². The first-order valence-corrected chi connectivity index (χ1v) is 11.5. The first-order chi connectivity index (χ1) is 15.7. The fourth-order valence-electron chi connectivity index (χ4n) is 3.36. The van der Waals surface area contributed by atoms with Gasteiger partial charge in [0.2, 0.25) is 5.91 Å². The van der Waals surface area contributed by atoms with Crippen LogP contribution in [0.4, 0.5) is 5.69 Å². The van der Waals surface area contributed by atoms with Gasteiger partial charge < -0.3 is 15.8 Å². The summed E-state index contributed by atoms with van der Waals surface area (Å²) in [5.74, 6) is -0.954. The molecule has 1 atom stereocenters. The molecule has 2 amide bonds. The van der Waals surface area contributed by atoms with Crippen molar-refractivity contribution < 1.29 is 22.7 Å². The van der Waals surface area contributed by atoms with E-state index in [0.29, 0.717) is 22.6 Å². The van der Waals surface area contributed by atoms with Crippen LogP contribution < -0.4 is 20.1 Å². The molecule has 0 bridgehead atoms. The zero-order valence-corrected chi connectivity index (χ0v) is 19.3. The lowest BCUT2D eigenvalue weighted by atomic mass is 10.0. The van der Waals surface area contributed by atoms with Crippen molar-refractivity contribution in [3.63, 3.8) is 0 Å². The van der Waals surface area contributed by atoms with Crippen LogP contribution in [0.1, 0.15) is 27.5 Å². The zero-order valence-electron chi connectivity index (χ0n) is 18.5. The molecule has 0 spiro atoms. The van der Waals surface area contributed by atoms with E-state index >= 15 is 0 Å². The molecule has 33 heavy (non-hydrogen) atoms. The zero-order chi connectivity index (χ0) is 24.2. The number of sulfonamides is 1. The molecule has 0 heterocycles. The average Bonchev–Trinajstić information content (AvgIpc) is 2.82. The molecular formula is C24H25N3O5S. The standard InChI is InChI=1S/C24H25N3O5S/c1-16-13-14-18(33(30,31)27(2)20-11-7-8-12-21(20)32-3)15-19(16)24(29)26-22(23(25)28)17-9-5-4-6-10-17/h4-15,22H,1-3H3,(H2,25,28)(H,26,29). The number of anilines is 1. The number of aryl methyl sites for hydroxylation is 1. The number of nitrogens with zero attached hydrogens (tertiary/aromatic N) is 1. The lowest BCUT2D eigenvalue weighted by molar-refractivity contribution is -0.120. The highest BCUT2D eigenvalue weighted by atomic mass is 32.2. The molecule has 0 aromatic heterocycles. The Kier molecular flexibility index (Phi) is 7.03. The highest BCUT2D eigenvalue weighted by Crippen LogP contribution is 2.31. The highest BCUT2D eigenvalue weighted by molar-refractivity contribution is 7.92. The molecule has 0 aliphatic carbocycles. The van der Waals surface area contributed by atoms with Gasteiger partial charge in [-0.3, -0.25) is 13.9 Å². The van der Waals surface area contributed by atoms with Gasteiger partial charge in [0.15, 0.2) is 0 Å². The van der Waals surface area contributed by atoms with Crippen LogP contribution in [-0.4, -0.2) is 34.4 Å². The number of carbonyl (C=O) groups excluding carboxylic acids is 2. The number of benzene rings is 3. The molecule has 8 nitrogen and oxygen atoms in total. The first kappa shape index (κ1) is 23.8. The Labute approximate surface area is 193 Å². The largest absolute Gasteiger partial charge is 0.495 e. The predicted molar refractivity (Wildman–Crippen MR) is 126 cm³/mol. The summed E-state index contributed by atoms with van der Waals surface area (Å²) < 4.78 is 33.0. The molecule has 0 saturated carbocycles. The Morgan fingerprint density at radius 3 is 2.27 bits per heavy atom. The van der Waals surface area contributed by atoms with Crippen molar-refractivity contribution in [2.75, 3.05) is 18.5 Å². The minimum absolute atomic E-state index is 0.0815. The number of hydrogen-bond acceptors (Lipinski definition) is 5. The Hall–Kier alpha value is -3.85. The molecule has 0 fully saturated rings. The van der Waals surface area contributed by atoms with Crippen molar-refractivity contribution in [3.8, 4) is 5.75 Å². The van der Waals surface area contributed by atoms with Crippen LogP contribution in [0.3, 0.4) is 0 Å². The summed E-state index contributed by atoms with van der Waals surface area (Å²) in [5, 5.41) is 2.61. The number of carbonyl (C=O) groups is 2. The monoisotopic (exact) mass is 467 g/mol. The van der Waals surface area contributed by atoms with Crippen LogP contribution in [0.25, 0.3) is 0 Å². The predicted octanol–water partition coefficient (Wildman–Crippen LogP) is 2.79. The lowest BCUT2D eigenvalue weighted by Crippen LogP contribution is -2.37. The highest BCUT2D eigenvalue weighted by Gasteiger charge is 2.27. The second-order valence-corrected chi connectivity index (χ2v) is 9.31. The molecule has 0 saturated heterocycles. The van der Waals surface area contributed by atoms with E-state index in [1.54, 1.807) is 67.6 Å². The third kappa shape index (κ3) is 4.98. The van der Waals surface area contributed by atoms with E-state index in [1.165, 1.54) is 26.3 Å². The normalized spacial score (nSPS) is 12.0. The summed E-state index contributed by atoms with van der Waals surface area (Å²) >= 11 is 0. The number of nitrogens with two attached hydrogens (primary N) is 1. The second kappa shape index (κ2) is 9.74. The Bertz CT molecular complexity index is 1280. The second-order valence-electron chi connectivity index (χ2n) is 7.34. The van der Waals surface area contributed by atoms with E-state index in [9.17, 15) is 18.0 Å². The van der Waals surface area contributed by atoms with Gasteiger partial charge >= 0.3 is 0 Å². The van der Waals surface area contributed by atoms with Crippen molar-refractivity contribution >= 4 is 27.5 Å². The van der Waals surface area contributed by atoms with Crippen LogP contribution in [0, 0.1) is 6.92 Å². The fraction of sp³-hybridized carbons (Fsp3) is 0.167. The molecule has 0 aliphatic rings. The minimum atomic E-state index is -4.01. The van der Waals surface area contributed by atoms with Crippen LogP contribution >= 0.6 is 0 Å². The number of para-hydroxylation sites is 2. The van der Waals surface area contributed by atoms with E-state index in [4.69, 9.17) is 10.5 Å².